The quantitative estimate of drug-likeness (QED) is 0.116. The second kappa shape index (κ2) is 15.3. The second-order valence-electron chi connectivity index (χ2n) is 9.70. The number of aliphatic carboxylic acids is 1. The van der Waals surface area contributed by atoms with E-state index >= 15 is 0 Å². The third-order valence-electron chi connectivity index (χ3n) is 6.07. The second-order valence-corrected chi connectivity index (χ2v) is 11.4. The Labute approximate surface area is 243 Å². The molecule has 0 aromatic heterocycles. The molecule has 0 fully saturated rings. The molecule has 42 heavy (non-hydrogen) atoms. The molecule has 1 amide bonds. The number of amides is 1. The molecule has 0 saturated carbocycles. The summed E-state index contributed by atoms with van der Waals surface area (Å²) in [6, 6.07) is 13.4. The number of aliphatic hydroxyl groups is 1. The van der Waals surface area contributed by atoms with Gasteiger partial charge in [-0.3, -0.25) is 8.98 Å². The van der Waals surface area contributed by atoms with E-state index in [1.807, 2.05) is 0 Å². The van der Waals surface area contributed by atoms with Crippen molar-refractivity contribution in [1.29, 1.82) is 0 Å². The number of esters is 1. The van der Waals surface area contributed by atoms with Gasteiger partial charge in [0.25, 0.3) is 10.1 Å². The minimum Gasteiger partial charge on any atom is -0.479 e. The molecule has 0 saturated heterocycles. The maximum Gasteiger partial charge on any atom is 0.514 e. The average molecular weight is 610 g/mol. The van der Waals surface area contributed by atoms with Crippen molar-refractivity contribution in [3.63, 3.8) is 0 Å². The monoisotopic (exact) mass is 609 g/mol. The lowest BCUT2D eigenvalue weighted by Gasteiger charge is -2.39. The molecule has 14 heteroatoms. The predicted octanol–water partition coefficient (Wildman–Crippen LogP) is 2.83. The summed E-state index contributed by atoms with van der Waals surface area (Å²) in [6.45, 7) is 5.43. The first kappa shape index (κ1) is 34.2. The molecular weight excluding hydrogens is 574 g/mol. The number of nitrogens with one attached hydrogen (secondary N) is 1. The number of hydrogen-bond acceptors (Lipinski definition) is 11. The van der Waals surface area contributed by atoms with Gasteiger partial charge in [-0.15, -0.1) is 0 Å². The number of carboxylic acids is 1. The summed E-state index contributed by atoms with van der Waals surface area (Å²) in [4.78, 5) is 48.3. The van der Waals surface area contributed by atoms with Gasteiger partial charge in [-0.1, -0.05) is 56.3 Å². The topological polar surface area (TPSA) is 192 Å². The van der Waals surface area contributed by atoms with Crippen LogP contribution in [-0.2, 0) is 33.4 Å². The first-order chi connectivity index (χ1) is 19.7. The van der Waals surface area contributed by atoms with E-state index in [4.69, 9.17) is 18.4 Å². The lowest BCUT2D eigenvalue weighted by molar-refractivity contribution is -0.162. The number of para-hydroxylation sites is 1. The van der Waals surface area contributed by atoms with E-state index in [0.717, 1.165) is 0 Å². The highest BCUT2D eigenvalue weighted by Gasteiger charge is 2.49. The number of carbonyl (C=O) groups is 4. The molecule has 0 radical (unpaired) electrons. The van der Waals surface area contributed by atoms with Crippen molar-refractivity contribution in [3.8, 4) is 5.75 Å². The van der Waals surface area contributed by atoms with E-state index < -0.39 is 57.7 Å². The largest absolute Gasteiger partial charge is 0.514 e. The molecule has 2 unspecified atom stereocenters. The molecule has 0 aliphatic carbocycles. The highest BCUT2D eigenvalue weighted by Crippen LogP contribution is 2.40. The van der Waals surface area contributed by atoms with Gasteiger partial charge in [0.05, 0.1) is 12.4 Å². The van der Waals surface area contributed by atoms with Crippen molar-refractivity contribution in [2.24, 2.45) is 5.41 Å². The molecule has 0 aliphatic heterocycles. The lowest BCUT2D eigenvalue weighted by Crippen LogP contribution is -2.50. The van der Waals surface area contributed by atoms with Crippen molar-refractivity contribution >= 4 is 34.1 Å². The van der Waals surface area contributed by atoms with E-state index in [0.29, 0.717) is 0 Å². The maximum absolute atomic E-state index is 13.1. The van der Waals surface area contributed by atoms with Crippen molar-refractivity contribution in [1.82, 2.24) is 5.32 Å². The normalized spacial score (nSPS) is 13.7. The highest BCUT2D eigenvalue weighted by atomic mass is 32.2. The molecule has 0 heterocycles. The summed E-state index contributed by atoms with van der Waals surface area (Å²) in [6.07, 6.45) is -6.99. The molecule has 3 N–H and O–H groups in total. The minimum absolute atomic E-state index is 0.0224. The van der Waals surface area contributed by atoms with Crippen LogP contribution >= 0.6 is 0 Å². The van der Waals surface area contributed by atoms with Crippen LogP contribution in [0.15, 0.2) is 54.6 Å². The van der Waals surface area contributed by atoms with Gasteiger partial charge in [-0.2, -0.15) is 8.42 Å². The van der Waals surface area contributed by atoms with Gasteiger partial charge in [0.1, 0.15) is 17.4 Å². The van der Waals surface area contributed by atoms with Crippen LogP contribution in [0.5, 0.6) is 5.75 Å². The van der Waals surface area contributed by atoms with Gasteiger partial charge in [-0.25, -0.2) is 14.4 Å². The van der Waals surface area contributed by atoms with Gasteiger partial charge >= 0.3 is 18.1 Å². The van der Waals surface area contributed by atoms with Crippen LogP contribution in [0.3, 0.4) is 0 Å². The number of carboxylic acid groups (broad SMARTS) is 1. The van der Waals surface area contributed by atoms with E-state index in [9.17, 15) is 37.8 Å². The summed E-state index contributed by atoms with van der Waals surface area (Å²) in [5.41, 5.74) is -1.76. The van der Waals surface area contributed by atoms with Gasteiger partial charge in [-0.05, 0) is 31.0 Å². The number of aliphatic hydroxyl groups excluding tert-OH is 1. The molecular formula is C28H35NO12S. The van der Waals surface area contributed by atoms with Crippen LogP contribution in [0.4, 0.5) is 4.79 Å². The molecule has 0 aliphatic rings. The minimum atomic E-state index is -4.44. The fourth-order valence-electron chi connectivity index (χ4n) is 3.86. The molecule has 13 nitrogen and oxygen atoms in total. The molecule has 0 spiro atoms. The van der Waals surface area contributed by atoms with Crippen molar-refractivity contribution < 1.29 is 56.2 Å². The summed E-state index contributed by atoms with van der Waals surface area (Å²) in [5.74, 6) is -3.59. The Morgan fingerprint density at radius 1 is 1.00 bits per heavy atom. The molecule has 2 rings (SSSR count). The zero-order chi connectivity index (χ0) is 31.5. The smallest absolute Gasteiger partial charge is 0.479 e. The lowest BCUT2D eigenvalue weighted by atomic mass is 9.77. The molecule has 2 aromatic carbocycles. The van der Waals surface area contributed by atoms with Crippen LogP contribution in [0, 0.1) is 5.41 Å². The maximum atomic E-state index is 13.1. The third kappa shape index (κ3) is 9.82. The first-order valence-electron chi connectivity index (χ1n) is 13.0. The first-order valence-corrected chi connectivity index (χ1v) is 14.5. The fourth-order valence-corrected chi connectivity index (χ4v) is 5.11. The van der Waals surface area contributed by atoms with Gasteiger partial charge in [0.15, 0.2) is 12.2 Å². The molecule has 230 valence electrons. The zero-order valence-electron chi connectivity index (χ0n) is 23.6. The van der Waals surface area contributed by atoms with Crippen LogP contribution < -0.4 is 10.1 Å². The Balaban J connectivity index is 2.50. The van der Waals surface area contributed by atoms with E-state index in [2.05, 4.69) is 5.32 Å². The van der Waals surface area contributed by atoms with Gasteiger partial charge in [0, 0.05) is 18.9 Å². The summed E-state index contributed by atoms with van der Waals surface area (Å²) < 4.78 is 47.3. The number of hydrogen-bond donors (Lipinski definition) is 3. The number of benzene rings is 2. The Hall–Kier alpha value is -4.01. The third-order valence-corrected chi connectivity index (χ3v) is 7.36. The van der Waals surface area contributed by atoms with Crippen molar-refractivity contribution in [2.45, 2.75) is 52.4 Å². The standard InChI is InChI=1S/C28H35NO12S/c1-5-38-26(34)20-14-9-10-15-21(20)39-27(35)40-22(19-12-7-6-8-13-19)24(28(3,4)23(31)25(32)33)41-42(36,37)17-11-16-29-18(2)30/h6-10,12-15,22-24,31H,5,11,16-17H2,1-4H3,(H,29,30)(H,32,33)/t22?,23-,24?/m0/s1. The highest BCUT2D eigenvalue weighted by molar-refractivity contribution is 7.86. The zero-order valence-corrected chi connectivity index (χ0v) is 24.5. The summed E-state index contributed by atoms with van der Waals surface area (Å²) >= 11 is 0. The number of carbonyl (C=O) groups excluding carboxylic acids is 3. The predicted molar refractivity (Wildman–Crippen MR) is 148 cm³/mol. The molecule has 3 atom stereocenters. The molecule has 2 aromatic rings. The summed E-state index contributed by atoms with van der Waals surface area (Å²) in [7, 11) is -4.44. The van der Waals surface area contributed by atoms with E-state index in [1.54, 1.807) is 25.1 Å². The van der Waals surface area contributed by atoms with E-state index in [-0.39, 0.29) is 42.4 Å². The average Bonchev–Trinajstić information content (AvgIpc) is 2.93. The van der Waals surface area contributed by atoms with E-state index in [1.165, 1.54) is 57.2 Å². The fraction of sp³-hybridized carbons (Fsp3) is 0.429. The Kier molecular flexibility index (Phi) is 12.4. The van der Waals surface area contributed by atoms with Crippen LogP contribution in [0.2, 0.25) is 0 Å². The van der Waals surface area contributed by atoms with Crippen molar-refractivity contribution in [2.75, 3.05) is 18.9 Å². The number of rotatable bonds is 15. The summed E-state index contributed by atoms with van der Waals surface area (Å²) in [5, 5.41) is 22.6. The SMILES string of the molecule is CCOC(=O)c1ccccc1OC(=O)OC(c1ccccc1)C(OS(=O)(=O)CCCNC(C)=O)C(C)(C)[C@@H](O)C(=O)O. The van der Waals surface area contributed by atoms with Gasteiger partial charge in [0.2, 0.25) is 5.91 Å². The van der Waals surface area contributed by atoms with Crippen LogP contribution in [0.25, 0.3) is 0 Å². The van der Waals surface area contributed by atoms with Crippen LogP contribution in [-0.4, -0.2) is 73.7 Å². The number of ether oxygens (including phenoxy) is 3. The Morgan fingerprint density at radius 2 is 1.62 bits per heavy atom. The van der Waals surface area contributed by atoms with Crippen LogP contribution in [0.1, 0.15) is 56.1 Å². The van der Waals surface area contributed by atoms with Crippen molar-refractivity contribution in [3.05, 3.63) is 65.7 Å². The Bertz CT molecular complexity index is 1340. The van der Waals surface area contributed by atoms with Gasteiger partial charge < -0.3 is 29.7 Å². The Morgan fingerprint density at radius 3 is 2.21 bits per heavy atom. The molecule has 0 bridgehead atoms.